The maximum atomic E-state index is 11.0. The summed E-state index contributed by atoms with van der Waals surface area (Å²) in [6, 6.07) is 0. The van der Waals surface area contributed by atoms with Crippen molar-refractivity contribution in [3.63, 3.8) is 0 Å². The van der Waals surface area contributed by atoms with Crippen LogP contribution in [0, 0.1) is 0 Å². The molecule has 0 heterocycles. The third kappa shape index (κ3) is 7.57. The largest absolute Gasteiger partial charge is 0.270 e. The molecule has 0 amide bonds. The minimum atomic E-state index is -3.67. The average molecular weight is 270 g/mol. The van der Waals surface area contributed by atoms with Gasteiger partial charge in [-0.1, -0.05) is 12.2 Å². The van der Waals surface area contributed by atoms with E-state index >= 15 is 0 Å². The third-order valence-corrected chi connectivity index (χ3v) is 3.59. The van der Waals surface area contributed by atoms with Gasteiger partial charge in [-0.3, -0.25) is 8.37 Å². The summed E-state index contributed by atoms with van der Waals surface area (Å²) in [6.45, 7) is 5.77. The van der Waals surface area contributed by atoms with Gasteiger partial charge in [-0.15, -0.1) is 13.2 Å². The lowest BCUT2D eigenvalue weighted by molar-refractivity contribution is 0.226. The molecule has 0 aliphatic heterocycles. The van der Waals surface area contributed by atoms with Crippen molar-refractivity contribution in [2.75, 3.05) is 24.7 Å². The van der Waals surface area contributed by atoms with Gasteiger partial charge in [0.05, 0.1) is 24.7 Å². The lowest BCUT2D eigenvalue weighted by atomic mass is 10.8. The second-order valence-electron chi connectivity index (χ2n) is 2.67. The van der Waals surface area contributed by atoms with Crippen molar-refractivity contribution < 1.29 is 25.2 Å². The van der Waals surface area contributed by atoms with Crippen LogP contribution in [0.1, 0.15) is 0 Å². The Morgan fingerprint density at radius 1 is 0.812 bits per heavy atom. The highest BCUT2D eigenvalue weighted by molar-refractivity contribution is 7.87. The van der Waals surface area contributed by atoms with Gasteiger partial charge < -0.3 is 0 Å². The van der Waals surface area contributed by atoms with Gasteiger partial charge in [-0.2, -0.15) is 16.8 Å². The summed E-state index contributed by atoms with van der Waals surface area (Å²) in [4.78, 5) is 0. The highest BCUT2D eigenvalue weighted by Crippen LogP contribution is 1.97. The molecule has 0 aromatic heterocycles. The fraction of sp³-hybridized carbons (Fsp3) is 0.500. The molecule has 0 aliphatic carbocycles. The topological polar surface area (TPSA) is 86.7 Å². The lowest BCUT2D eigenvalue weighted by Crippen LogP contribution is -2.16. The first-order valence-corrected chi connectivity index (χ1v) is 7.44. The van der Waals surface area contributed by atoms with E-state index in [1.165, 1.54) is 12.2 Å². The monoisotopic (exact) mass is 270 g/mol. The van der Waals surface area contributed by atoms with E-state index in [9.17, 15) is 16.8 Å². The highest BCUT2D eigenvalue weighted by Gasteiger charge is 2.11. The fourth-order valence-electron chi connectivity index (χ4n) is 0.707. The van der Waals surface area contributed by atoms with Gasteiger partial charge in [-0.05, 0) is 0 Å². The zero-order valence-electron chi connectivity index (χ0n) is 8.66. The third-order valence-electron chi connectivity index (χ3n) is 1.25. The predicted octanol–water partition coefficient (Wildman–Crippen LogP) is 0.0512. The number of rotatable bonds is 9. The van der Waals surface area contributed by atoms with Crippen molar-refractivity contribution in [1.29, 1.82) is 0 Å². The zero-order chi connectivity index (χ0) is 12.7. The first-order chi connectivity index (χ1) is 7.33. The van der Waals surface area contributed by atoms with E-state index in [0.29, 0.717) is 0 Å². The molecule has 0 saturated heterocycles. The van der Waals surface area contributed by atoms with Crippen molar-refractivity contribution >= 4 is 20.2 Å². The van der Waals surface area contributed by atoms with Gasteiger partial charge in [0.1, 0.15) is 0 Å². The Morgan fingerprint density at radius 3 is 1.38 bits per heavy atom. The highest BCUT2D eigenvalue weighted by atomic mass is 32.2. The molecule has 94 valence electrons. The summed E-state index contributed by atoms with van der Waals surface area (Å²) in [5.41, 5.74) is 0. The van der Waals surface area contributed by atoms with Crippen LogP contribution in [0.15, 0.2) is 25.3 Å². The average Bonchev–Trinajstić information content (AvgIpc) is 2.12. The summed E-state index contributed by atoms with van der Waals surface area (Å²) in [5.74, 6) is -0.654. The van der Waals surface area contributed by atoms with Crippen LogP contribution in [0.25, 0.3) is 0 Å². The van der Waals surface area contributed by atoms with Crippen LogP contribution in [-0.4, -0.2) is 41.6 Å². The van der Waals surface area contributed by atoms with Crippen LogP contribution in [-0.2, 0) is 28.6 Å². The van der Waals surface area contributed by atoms with Gasteiger partial charge in [0.15, 0.2) is 0 Å². The minimum absolute atomic E-state index is 0.327. The van der Waals surface area contributed by atoms with E-state index in [0.717, 1.165) is 0 Å². The van der Waals surface area contributed by atoms with Crippen molar-refractivity contribution in [2.24, 2.45) is 0 Å². The van der Waals surface area contributed by atoms with Gasteiger partial charge in [0.2, 0.25) is 0 Å². The molecule has 0 unspecified atom stereocenters. The van der Waals surface area contributed by atoms with Crippen LogP contribution in [0.4, 0.5) is 0 Å². The van der Waals surface area contributed by atoms with Gasteiger partial charge >= 0.3 is 0 Å². The smallest absolute Gasteiger partial charge is 0.267 e. The molecule has 0 aliphatic rings. The Kier molecular flexibility index (Phi) is 6.49. The Balaban J connectivity index is 3.94. The minimum Gasteiger partial charge on any atom is -0.267 e. The summed E-state index contributed by atoms with van der Waals surface area (Å²) >= 11 is 0. The zero-order valence-corrected chi connectivity index (χ0v) is 10.3. The standard InChI is InChI=1S/C8H14O6S2/c1-3-7-15(9,10)13-5-6-14-16(11,12)8-4-2/h3-4H,1-2,5-8H2. The molecule has 0 radical (unpaired) electrons. The number of hydrogen-bond donors (Lipinski definition) is 0. The van der Waals surface area contributed by atoms with Crippen LogP contribution < -0.4 is 0 Å². The van der Waals surface area contributed by atoms with Crippen LogP contribution in [0.3, 0.4) is 0 Å². The molecule has 0 saturated carbocycles. The van der Waals surface area contributed by atoms with Crippen molar-refractivity contribution in [1.82, 2.24) is 0 Å². The summed E-state index contributed by atoms with van der Waals surface area (Å²) in [7, 11) is -7.35. The Labute approximate surface area is 95.8 Å². The second kappa shape index (κ2) is 6.79. The first kappa shape index (κ1) is 15.3. The maximum absolute atomic E-state index is 11.0. The van der Waals surface area contributed by atoms with Crippen LogP contribution in [0.5, 0.6) is 0 Å². The SMILES string of the molecule is C=CCS(=O)(=O)OCCOS(=O)(=O)CC=C. The van der Waals surface area contributed by atoms with Gasteiger partial charge in [0.25, 0.3) is 20.2 Å². The first-order valence-electron chi connectivity index (χ1n) is 4.29. The van der Waals surface area contributed by atoms with Gasteiger partial charge in [0, 0.05) is 0 Å². The quantitative estimate of drug-likeness (QED) is 0.334. The molecule has 0 N–H and O–H groups in total. The van der Waals surface area contributed by atoms with Crippen LogP contribution in [0.2, 0.25) is 0 Å². The molecule has 0 spiro atoms. The van der Waals surface area contributed by atoms with E-state index in [4.69, 9.17) is 0 Å². The van der Waals surface area contributed by atoms with Crippen molar-refractivity contribution in [3.8, 4) is 0 Å². The fourth-order valence-corrected chi connectivity index (χ4v) is 2.12. The molecule has 0 fully saturated rings. The summed E-state index contributed by atoms with van der Waals surface area (Å²) < 4.78 is 52.7. The van der Waals surface area contributed by atoms with E-state index in [2.05, 4.69) is 21.5 Å². The lowest BCUT2D eigenvalue weighted by Gasteiger charge is -2.04. The number of hydrogen-bond acceptors (Lipinski definition) is 6. The van der Waals surface area contributed by atoms with E-state index in [1.54, 1.807) is 0 Å². The summed E-state index contributed by atoms with van der Waals surface area (Å²) in [5, 5.41) is 0. The molecular weight excluding hydrogens is 256 g/mol. The molecule has 6 nitrogen and oxygen atoms in total. The normalized spacial score (nSPS) is 12.2. The summed E-state index contributed by atoms with van der Waals surface area (Å²) in [6.07, 6.45) is 2.34. The van der Waals surface area contributed by atoms with Crippen molar-refractivity contribution in [2.45, 2.75) is 0 Å². The molecular formula is C8H14O6S2. The Hall–Kier alpha value is -0.700. The molecule has 0 rings (SSSR count). The molecule has 16 heavy (non-hydrogen) atoms. The van der Waals surface area contributed by atoms with Gasteiger partial charge in [-0.25, -0.2) is 0 Å². The van der Waals surface area contributed by atoms with E-state index < -0.39 is 20.2 Å². The molecule has 8 heteroatoms. The maximum Gasteiger partial charge on any atom is 0.270 e. The van der Waals surface area contributed by atoms with E-state index in [1.807, 2.05) is 0 Å². The molecule has 0 aromatic rings. The van der Waals surface area contributed by atoms with E-state index in [-0.39, 0.29) is 24.7 Å². The molecule has 0 atom stereocenters. The molecule has 0 aromatic carbocycles. The Morgan fingerprint density at radius 2 is 1.12 bits per heavy atom. The predicted molar refractivity (Wildman–Crippen MR) is 59.9 cm³/mol. The Bertz CT molecular complexity index is 377. The van der Waals surface area contributed by atoms with Crippen LogP contribution >= 0.6 is 0 Å². The molecule has 0 bridgehead atoms. The van der Waals surface area contributed by atoms with Crippen molar-refractivity contribution in [3.05, 3.63) is 25.3 Å². The second-order valence-corrected chi connectivity index (χ2v) is 6.04.